The predicted molar refractivity (Wildman–Crippen MR) is 122 cm³/mol. The Morgan fingerprint density at radius 2 is 1.68 bits per heavy atom. The molecule has 3 aromatic carbocycles. The quantitative estimate of drug-likeness (QED) is 0.523. The first-order valence-corrected chi connectivity index (χ1v) is 10.6. The van der Waals surface area contributed by atoms with Crippen LogP contribution in [0, 0.1) is 0 Å². The van der Waals surface area contributed by atoms with Crippen molar-refractivity contribution in [2.45, 2.75) is 31.4 Å². The van der Waals surface area contributed by atoms with Gasteiger partial charge in [-0.25, -0.2) is 0 Å². The van der Waals surface area contributed by atoms with Gasteiger partial charge in [0.25, 0.3) is 0 Å². The van der Waals surface area contributed by atoms with Crippen molar-refractivity contribution in [3.05, 3.63) is 95.6 Å². The van der Waals surface area contributed by atoms with Crippen molar-refractivity contribution in [1.82, 2.24) is 4.90 Å². The van der Waals surface area contributed by atoms with E-state index in [1.165, 1.54) is 23.1 Å². The zero-order valence-corrected chi connectivity index (χ0v) is 17.2. The number of nitrogens with zero attached hydrogens (tertiary/aromatic N) is 1. The van der Waals surface area contributed by atoms with E-state index in [2.05, 4.69) is 0 Å². The Kier molecular flexibility index (Phi) is 4.40. The van der Waals surface area contributed by atoms with Gasteiger partial charge in [0.05, 0.1) is 6.10 Å². The Morgan fingerprint density at radius 3 is 2.42 bits per heavy atom. The second-order valence-electron chi connectivity index (χ2n) is 7.73. The van der Waals surface area contributed by atoms with E-state index in [4.69, 9.17) is 22.4 Å². The second-order valence-corrected chi connectivity index (χ2v) is 7.73. The molecule has 0 spiro atoms. The second kappa shape index (κ2) is 9.54. The Hall–Kier alpha value is -2.82. The molecule has 0 saturated carbocycles. The minimum absolute atomic E-state index is 0.0482. The lowest BCUT2D eigenvalue weighted by atomic mass is 10.00. The van der Waals surface area contributed by atoms with Gasteiger partial charge in [-0.1, -0.05) is 66.7 Å². The summed E-state index contributed by atoms with van der Waals surface area (Å²) in [5.74, 6) is 0.208. The van der Waals surface area contributed by atoms with Gasteiger partial charge >= 0.3 is 0 Å². The molecule has 1 atom stereocenters. The fraction of sp³-hybridized carbons (Fsp3) is 0.333. The fourth-order valence-electron chi connectivity index (χ4n) is 3.95. The van der Waals surface area contributed by atoms with E-state index >= 15 is 0 Å². The molecule has 1 fully saturated rings. The van der Waals surface area contributed by atoms with Crippen LogP contribution in [0.15, 0.2) is 78.9 Å². The van der Waals surface area contributed by atoms with Gasteiger partial charge in [0.1, 0.15) is 8.85 Å². The van der Waals surface area contributed by atoms with Crippen LogP contribution in [0.3, 0.4) is 0 Å². The van der Waals surface area contributed by atoms with E-state index in [0.717, 1.165) is 17.5 Å². The van der Waals surface area contributed by atoms with Gasteiger partial charge in [-0.2, -0.15) is 0 Å². The minimum Gasteiger partial charge on any atom is -0.454 e. The number of rotatable bonds is 7. The van der Waals surface area contributed by atoms with Crippen LogP contribution in [0.2, 0.25) is 0 Å². The largest absolute Gasteiger partial charge is 0.454 e. The van der Waals surface area contributed by atoms with Crippen molar-refractivity contribution < 1.29 is 22.4 Å². The first-order chi connectivity index (χ1) is 17.6. The highest BCUT2D eigenvalue weighted by molar-refractivity contribution is 5.44. The number of benzene rings is 3. The monoisotopic (exact) mass is 421 g/mol. The first-order valence-electron chi connectivity index (χ1n) is 13.6. The summed E-state index contributed by atoms with van der Waals surface area (Å²) in [4.78, 5) is 1.51. The van der Waals surface area contributed by atoms with E-state index in [1.54, 1.807) is 0 Å². The Morgan fingerprint density at radius 1 is 0.968 bits per heavy atom. The molecule has 0 radical (unpaired) electrons. The summed E-state index contributed by atoms with van der Waals surface area (Å²) in [6.45, 7) is -4.08. The van der Waals surface area contributed by atoms with Crippen LogP contribution in [-0.2, 0) is 11.1 Å². The Labute approximate surface area is 192 Å². The molecule has 0 aromatic heterocycles. The molecule has 1 saturated heterocycles. The van der Waals surface area contributed by atoms with Crippen LogP contribution in [0.1, 0.15) is 43.9 Å². The Bertz CT molecular complexity index is 1190. The van der Waals surface area contributed by atoms with Crippen molar-refractivity contribution >= 4 is 0 Å². The minimum atomic E-state index is -2.42. The molecule has 4 nitrogen and oxygen atoms in total. The fourth-order valence-corrected chi connectivity index (χ4v) is 3.95. The highest BCUT2D eigenvalue weighted by Gasteiger charge is 2.25. The lowest BCUT2D eigenvalue weighted by Crippen LogP contribution is -2.41. The molecule has 5 rings (SSSR count). The van der Waals surface area contributed by atoms with Crippen molar-refractivity contribution in [1.29, 1.82) is 0 Å². The van der Waals surface area contributed by atoms with Crippen LogP contribution in [0.5, 0.6) is 11.5 Å². The standard InChI is InChI=1S/C27H29NO3/c1-3-8-22(9-4-1)27(23-10-5-2-6-11-23)31-24-12-7-16-28(19-24)17-15-21-13-14-25-26(18-21)30-20-29-25/h1-6,8-11,13-14,18,24,27H,7,12,15-17,19-20H2/t24-/m1/s1/i15D2,17D2,20D2. The summed E-state index contributed by atoms with van der Waals surface area (Å²) in [6, 6.07) is 24.0. The van der Waals surface area contributed by atoms with Crippen LogP contribution < -0.4 is 9.47 Å². The summed E-state index contributed by atoms with van der Waals surface area (Å²) in [7, 11) is 0. The summed E-state index contributed by atoms with van der Waals surface area (Å²) in [6.07, 6.45) is -1.63. The molecule has 0 unspecified atom stereocenters. The summed E-state index contributed by atoms with van der Waals surface area (Å²) in [5, 5.41) is 0. The van der Waals surface area contributed by atoms with Gasteiger partial charge in [-0.05, 0) is 54.6 Å². The number of ether oxygens (including phenoxy) is 3. The van der Waals surface area contributed by atoms with E-state index in [9.17, 15) is 0 Å². The van der Waals surface area contributed by atoms with Gasteiger partial charge < -0.3 is 19.1 Å². The highest BCUT2D eigenvalue weighted by atomic mass is 16.7. The van der Waals surface area contributed by atoms with E-state index < -0.39 is 19.6 Å². The molecule has 2 aliphatic rings. The molecule has 2 aliphatic heterocycles. The van der Waals surface area contributed by atoms with Crippen molar-refractivity contribution in [3.8, 4) is 11.5 Å². The maximum Gasteiger partial charge on any atom is 0.231 e. The lowest BCUT2D eigenvalue weighted by molar-refractivity contribution is -0.0330. The summed E-state index contributed by atoms with van der Waals surface area (Å²) >= 11 is 0. The van der Waals surface area contributed by atoms with Gasteiger partial charge in [-0.3, -0.25) is 0 Å². The normalized spacial score (nSPS) is 23.8. The number of piperidine rings is 1. The van der Waals surface area contributed by atoms with Crippen LogP contribution in [-0.4, -0.2) is 37.3 Å². The molecule has 31 heavy (non-hydrogen) atoms. The van der Waals surface area contributed by atoms with Crippen LogP contribution >= 0.6 is 0 Å². The third kappa shape index (κ3) is 4.92. The van der Waals surface area contributed by atoms with Gasteiger partial charge in [0, 0.05) is 18.5 Å². The molecule has 3 aromatic rings. The number of fused-ring (bicyclic) bond motifs is 1. The maximum atomic E-state index is 8.85. The summed E-state index contributed by atoms with van der Waals surface area (Å²) in [5.41, 5.74) is 2.06. The van der Waals surface area contributed by atoms with Crippen molar-refractivity contribution in [2.24, 2.45) is 0 Å². The molecule has 2 heterocycles. The maximum absolute atomic E-state index is 8.85. The van der Waals surface area contributed by atoms with Crippen LogP contribution in [0.25, 0.3) is 0 Å². The van der Waals surface area contributed by atoms with Gasteiger partial charge in [0.15, 0.2) is 11.5 Å². The topological polar surface area (TPSA) is 30.9 Å². The van der Waals surface area contributed by atoms with Crippen LogP contribution in [0.4, 0.5) is 0 Å². The molecule has 0 amide bonds. The molecular formula is C27H29NO3. The number of hydrogen-bond donors (Lipinski definition) is 0. The number of hydrogen-bond acceptors (Lipinski definition) is 4. The van der Waals surface area contributed by atoms with E-state index in [-0.39, 0.29) is 35.8 Å². The summed E-state index contributed by atoms with van der Waals surface area (Å²) < 4.78 is 67.2. The molecular weight excluding hydrogens is 386 g/mol. The molecule has 0 bridgehead atoms. The Balaban J connectivity index is 1.36. The predicted octanol–water partition coefficient (Wildman–Crippen LogP) is 5.23. The zero-order chi connectivity index (χ0) is 26.3. The molecule has 0 N–H and O–H groups in total. The average Bonchev–Trinajstić information content (AvgIpc) is 3.21. The average molecular weight is 422 g/mol. The van der Waals surface area contributed by atoms with Crippen molar-refractivity contribution in [3.63, 3.8) is 0 Å². The molecule has 4 heteroatoms. The van der Waals surface area contributed by atoms with Crippen molar-refractivity contribution in [2.75, 3.05) is 26.3 Å². The number of aryl methyl sites for hydroxylation is 1. The third-order valence-electron chi connectivity index (χ3n) is 5.52. The van der Waals surface area contributed by atoms with Gasteiger partial charge in [0.2, 0.25) is 6.75 Å². The smallest absolute Gasteiger partial charge is 0.231 e. The number of likely N-dealkylation sites (tertiary alicyclic amines) is 1. The van der Waals surface area contributed by atoms with Gasteiger partial charge in [-0.15, -0.1) is 0 Å². The molecule has 0 aliphatic carbocycles. The van der Waals surface area contributed by atoms with E-state index in [1.807, 2.05) is 60.7 Å². The third-order valence-corrected chi connectivity index (χ3v) is 5.52. The zero-order valence-electron chi connectivity index (χ0n) is 23.2. The highest BCUT2D eigenvalue weighted by Crippen LogP contribution is 2.33. The SMILES string of the molecule is [2H]C1([2H])Oc2ccc(C([2H])([2H])C([2H])([2H])N3CCC[C@@H](OC(c4ccccc4)c4ccccc4)C3)cc2O1. The lowest BCUT2D eigenvalue weighted by Gasteiger charge is -2.35. The van der Waals surface area contributed by atoms with E-state index in [0.29, 0.717) is 13.0 Å². The molecule has 160 valence electrons. The first kappa shape index (κ1) is 14.3.